The van der Waals surface area contributed by atoms with E-state index in [1.54, 1.807) is 6.20 Å². The van der Waals surface area contributed by atoms with Crippen LogP contribution in [-0.4, -0.2) is 28.5 Å². The predicted molar refractivity (Wildman–Crippen MR) is 49.8 cm³/mol. The van der Waals surface area contributed by atoms with Crippen LogP contribution in [0.4, 0.5) is 0 Å². The van der Waals surface area contributed by atoms with Gasteiger partial charge in [-0.25, -0.2) is 0 Å². The molecule has 1 fully saturated rings. The van der Waals surface area contributed by atoms with Crippen LogP contribution in [0.3, 0.4) is 0 Å². The maximum atomic E-state index is 5.77. The molecule has 4 nitrogen and oxygen atoms in total. The van der Waals surface area contributed by atoms with Gasteiger partial charge in [-0.1, -0.05) is 0 Å². The molecule has 72 valence electrons. The van der Waals surface area contributed by atoms with E-state index < -0.39 is 0 Å². The lowest BCUT2D eigenvalue weighted by molar-refractivity contribution is 0.0348. The molecule has 0 amide bonds. The van der Waals surface area contributed by atoms with Crippen LogP contribution in [0.25, 0.3) is 0 Å². The molecule has 1 saturated heterocycles. The van der Waals surface area contributed by atoms with Gasteiger partial charge < -0.3 is 10.1 Å². The second kappa shape index (κ2) is 3.03. The number of hydrogen-bond donors (Lipinski definition) is 1. The first-order chi connectivity index (χ1) is 6.22. The van der Waals surface area contributed by atoms with Crippen molar-refractivity contribution in [1.29, 1.82) is 0 Å². The number of aromatic nitrogens is 2. The van der Waals surface area contributed by atoms with Gasteiger partial charge in [0.2, 0.25) is 0 Å². The average molecular weight is 181 g/mol. The van der Waals surface area contributed by atoms with Crippen LogP contribution in [0.2, 0.25) is 0 Å². The molecule has 0 aliphatic carbocycles. The van der Waals surface area contributed by atoms with Gasteiger partial charge in [-0.15, -0.1) is 0 Å². The molecule has 0 radical (unpaired) electrons. The highest BCUT2D eigenvalue weighted by atomic mass is 16.5. The Bertz CT molecular complexity index is 291. The van der Waals surface area contributed by atoms with Crippen molar-refractivity contribution in [3.05, 3.63) is 12.4 Å². The molecule has 1 N–H and O–H groups in total. The Labute approximate surface area is 77.9 Å². The van der Waals surface area contributed by atoms with Crippen LogP contribution in [0.15, 0.2) is 12.4 Å². The molecule has 2 rings (SSSR count). The lowest BCUT2D eigenvalue weighted by Gasteiger charge is -2.38. The first-order valence-corrected chi connectivity index (χ1v) is 4.64. The monoisotopic (exact) mass is 181 g/mol. The minimum Gasteiger partial charge on any atom is -0.482 e. The summed E-state index contributed by atoms with van der Waals surface area (Å²) in [7, 11) is 0. The summed E-state index contributed by atoms with van der Waals surface area (Å²) in [5, 5.41) is 7.34. The Hall–Kier alpha value is -1.03. The van der Waals surface area contributed by atoms with E-state index in [0.717, 1.165) is 25.4 Å². The standard InChI is InChI=1S/C9H15N3O/c1-3-12-5-8(4-11-12)13-9(2)6-10-7-9/h4-5,10H,3,6-7H2,1-2H3. The molecule has 0 atom stereocenters. The Morgan fingerprint density at radius 2 is 2.46 bits per heavy atom. The van der Waals surface area contributed by atoms with Gasteiger partial charge >= 0.3 is 0 Å². The first kappa shape index (κ1) is 8.56. The maximum absolute atomic E-state index is 5.77. The van der Waals surface area contributed by atoms with Crippen LogP contribution in [-0.2, 0) is 6.54 Å². The molecule has 0 bridgehead atoms. The second-order valence-corrected chi connectivity index (χ2v) is 3.69. The lowest BCUT2D eigenvalue weighted by Crippen LogP contribution is -2.60. The van der Waals surface area contributed by atoms with Crippen LogP contribution in [0.5, 0.6) is 5.75 Å². The van der Waals surface area contributed by atoms with Crippen LogP contribution in [0, 0.1) is 0 Å². The van der Waals surface area contributed by atoms with Crippen molar-refractivity contribution in [1.82, 2.24) is 15.1 Å². The van der Waals surface area contributed by atoms with Gasteiger partial charge in [-0.2, -0.15) is 5.10 Å². The summed E-state index contributed by atoms with van der Waals surface area (Å²) >= 11 is 0. The fraction of sp³-hybridized carbons (Fsp3) is 0.667. The van der Waals surface area contributed by atoms with Crippen molar-refractivity contribution < 1.29 is 4.74 Å². The molecule has 1 aliphatic heterocycles. The number of nitrogens with one attached hydrogen (secondary N) is 1. The zero-order valence-electron chi connectivity index (χ0n) is 8.08. The van der Waals surface area contributed by atoms with E-state index in [9.17, 15) is 0 Å². The minimum atomic E-state index is -0.0262. The molecular formula is C9H15N3O. The minimum absolute atomic E-state index is 0.0262. The molecule has 0 unspecified atom stereocenters. The van der Waals surface area contributed by atoms with Crippen LogP contribution < -0.4 is 10.1 Å². The number of ether oxygens (including phenoxy) is 1. The zero-order chi connectivity index (χ0) is 9.31. The normalized spacial score (nSPS) is 19.5. The Balaban J connectivity index is 2.01. The van der Waals surface area contributed by atoms with Crippen LogP contribution >= 0.6 is 0 Å². The molecule has 1 aliphatic rings. The topological polar surface area (TPSA) is 39.1 Å². The van der Waals surface area contributed by atoms with Crippen LogP contribution in [0.1, 0.15) is 13.8 Å². The molecule has 0 aromatic carbocycles. The summed E-state index contributed by atoms with van der Waals surface area (Å²) in [4.78, 5) is 0. The number of hydrogen-bond acceptors (Lipinski definition) is 3. The van der Waals surface area contributed by atoms with Gasteiger partial charge in [0.25, 0.3) is 0 Å². The highest BCUT2D eigenvalue weighted by molar-refractivity contribution is 5.14. The van der Waals surface area contributed by atoms with Crippen molar-refractivity contribution >= 4 is 0 Å². The SMILES string of the molecule is CCn1cc(OC2(C)CNC2)cn1. The zero-order valence-corrected chi connectivity index (χ0v) is 8.08. The molecule has 1 aromatic rings. The average Bonchev–Trinajstić information content (AvgIpc) is 2.49. The summed E-state index contributed by atoms with van der Waals surface area (Å²) in [6.45, 7) is 6.89. The molecule has 2 heterocycles. The second-order valence-electron chi connectivity index (χ2n) is 3.69. The van der Waals surface area contributed by atoms with Gasteiger partial charge in [0.05, 0.1) is 12.4 Å². The smallest absolute Gasteiger partial charge is 0.158 e. The summed E-state index contributed by atoms with van der Waals surface area (Å²) < 4.78 is 7.64. The van der Waals surface area contributed by atoms with E-state index in [1.807, 2.05) is 10.9 Å². The van der Waals surface area contributed by atoms with Gasteiger partial charge in [0, 0.05) is 19.6 Å². The Morgan fingerprint density at radius 1 is 1.69 bits per heavy atom. The van der Waals surface area contributed by atoms with Gasteiger partial charge in [-0.05, 0) is 13.8 Å². The molecule has 0 spiro atoms. The van der Waals surface area contributed by atoms with Gasteiger partial charge in [0.15, 0.2) is 5.75 Å². The van der Waals surface area contributed by atoms with Crippen molar-refractivity contribution in [3.8, 4) is 5.75 Å². The summed E-state index contributed by atoms with van der Waals surface area (Å²) in [6.07, 6.45) is 3.70. The Morgan fingerprint density at radius 3 is 2.92 bits per heavy atom. The van der Waals surface area contributed by atoms with E-state index in [0.29, 0.717) is 0 Å². The van der Waals surface area contributed by atoms with Crippen molar-refractivity contribution in [2.45, 2.75) is 26.0 Å². The van der Waals surface area contributed by atoms with E-state index in [4.69, 9.17) is 4.74 Å². The van der Waals surface area contributed by atoms with Crippen molar-refractivity contribution in [2.75, 3.05) is 13.1 Å². The lowest BCUT2D eigenvalue weighted by atomic mass is 10.0. The molecule has 0 saturated carbocycles. The third-order valence-corrected chi connectivity index (χ3v) is 2.30. The Kier molecular flexibility index (Phi) is 2.00. The molecule has 13 heavy (non-hydrogen) atoms. The summed E-state index contributed by atoms with van der Waals surface area (Å²) in [5.74, 6) is 0.867. The fourth-order valence-corrected chi connectivity index (χ4v) is 1.40. The third-order valence-electron chi connectivity index (χ3n) is 2.30. The highest BCUT2D eigenvalue weighted by Crippen LogP contribution is 2.20. The number of nitrogens with zero attached hydrogens (tertiary/aromatic N) is 2. The van der Waals surface area contributed by atoms with Crippen molar-refractivity contribution in [2.24, 2.45) is 0 Å². The number of aryl methyl sites for hydroxylation is 1. The maximum Gasteiger partial charge on any atom is 0.158 e. The molecule has 1 aromatic heterocycles. The van der Waals surface area contributed by atoms with E-state index in [2.05, 4.69) is 24.3 Å². The largest absolute Gasteiger partial charge is 0.482 e. The molecular weight excluding hydrogens is 166 g/mol. The van der Waals surface area contributed by atoms with Gasteiger partial charge in [-0.3, -0.25) is 4.68 Å². The molecule has 4 heteroatoms. The quantitative estimate of drug-likeness (QED) is 0.744. The summed E-state index contributed by atoms with van der Waals surface area (Å²) in [6, 6.07) is 0. The third kappa shape index (κ3) is 1.67. The van der Waals surface area contributed by atoms with E-state index >= 15 is 0 Å². The first-order valence-electron chi connectivity index (χ1n) is 4.64. The summed E-state index contributed by atoms with van der Waals surface area (Å²) in [5.41, 5.74) is -0.0262. The van der Waals surface area contributed by atoms with E-state index in [1.165, 1.54) is 0 Å². The highest BCUT2D eigenvalue weighted by Gasteiger charge is 2.34. The number of rotatable bonds is 3. The van der Waals surface area contributed by atoms with E-state index in [-0.39, 0.29) is 5.60 Å². The predicted octanol–water partition coefficient (Wildman–Crippen LogP) is 0.644. The fourth-order valence-electron chi connectivity index (χ4n) is 1.40. The van der Waals surface area contributed by atoms with Crippen molar-refractivity contribution in [3.63, 3.8) is 0 Å². The van der Waals surface area contributed by atoms with Gasteiger partial charge in [0.1, 0.15) is 5.60 Å².